The Kier molecular flexibility index (Phi) is 9.10. The second kappa shape index (κ2) is 13.3. The summed E-state index contributed by atoms with van der Waals surface area (Å²) in [7, 11) is -4.30. The van der Waals surface area contributed by atoms with E-state index < -0.39 is 59.4 Å². The molecule has 2 amide bonds. The van der Waals surface area contributed by atoms with Gasteiger partial charge in [0.05, 0.1) is 5.56 Å². The number of aryl methyl sites for hydroxylation is 2. The highest BCUT2D eigenvalue weighted by Gasteiger charge is 2.61. The summed E-state index contributed by atoms with van der Waals surface area (Å²) >= 11 is 1.34. The number of hydrazone groups is 2. The molecule has 0 radical (unpaired) electrons. The molecular formula is C38H32F4N4O4S2. The fraction of sp³-hybridized carbons (Fsp3) is 0.263. The molecule has 2 heterocycles. The van der Waals surface area contributed by atoms with Crippen LogP contribution in [0.1, 0.15) is 72.9 Å². The van der Waals surface area contributed by atoms with Crippen LogP contribution in [0.5, 0.6) is 0 Å². The van der Waals surface area contributed by atoms with Crippen LogP contribution in [0.3, 0.4) is 0 Å². The minimum absolute atomic E-state index is 0.0937. The van der Waals surface area contributed by atoms with Gasteiger partial charge in [0.15, 0.2) is 9.91 Å². The van der Waals surface area contributed by atoms with Crippen molar-refractivity contribution >= 4 is 43.5 Å². The lowest BCUT2D eigenvalue weighted by atomic mass is 9.86. The highest BCUT2D eigenvalue weighted by molar-refractivity contribution is 8.15. The van der Waals surface area contributed by atoms with Crippen LogP contribution in [0.2, 0.25) is 0 Å². The van der Waals surface area contributed by atoms with Gasteiger partial charge >= 0.3 is 0 Å². The smallest absolute Gasteiger partial charge is 0.241 e. The number of fused-ring (bicyclic) bond motifs is 4. The van der Waals surface area contributed by atoms with Gasteiger partial charge in [0.2, 0.25) is 21.7 Å². The second-order valence-corrected chi connectivity index (χ2v) is 16.3. The van der Waals surface area contributed by atoms with Crippen LogP contribution in [0, 0.1) is 23.3 Å². The Balaban J connectivity index is 0.000000162. The average Bonchev–Trinajstić information content (AvgIpc) is 3.61. The normalized spacial score (nSPS) is 22.7. The van der Waals surface area contributed by atoms with Crippen molar-refractivity contribution in [1.29, 1.82) is 0 Å². The number of rotatable bonds is 2. The van der Waals surface area contributed by atoms with E-state index in [-0.39, 0.29) is 17.9 Å². The lowest BCUT2D eigenvalue weighted by molar-refractivity contribution is -0.133. The summed E-state index contributed by atoms with van der Waals surface area (Å²) in [5.41, 5.74) is 3.08. The minimum Gasteiger partial charge on any atom is -0.273 e. The maximum Gasteiger partial charge on any atom is 0.241 e. The maximum atomic E-state index is 14.3. The molecule has 2 aliphatic carbocycles. The Morgan fingerprint density at radius 3 is 1.87 bits per heavy atom. The molecule has 4 aromatic rings. The van der Waals surface area contributed by atoms with Crippen molar-refractivity contribution in [2.45, 2.75) is 62.1 Å². The molecule has 52 heavy (non-hydrogen) atoms. The van der Waals surface area contributed by atoms with Crippen molar-refractivity contribution in [3.63, 3.8) is 0 Å². The van der Waals surface area contributed by atoms with Crippen LogP contribution in [0.25, 0.3) is 0 Å². The molecule has 0 N–H and O–H groups in total. The summed E-state index contributed by atoms with van der Waals surface area (Å²) in [5, 5.41) is 10.5. The van der Waals surface area contributed by atoms with Gasteiger partial charge in [-0.25, -0.2) is 36.0 Å². The number of nitrogens with zero attached hydrogens (tertiary/aromatic N) is 4. The van der Waals surface area contributed by atoms with Crippen LogP contribution >= 0.6 is 11.8 Å². The Labute approximate surface area is 302 Å². The topological polar surface area (TPSA) is 99.5 Å². The molecular weight excluding hydrogens is 717 g/mol. The third kappa shape index (κ3) is 5.63. The number of halogens is 4. The number of hydrogen-bond donors (Lipinski definition) is 0. The van der Waals surface area contributed by atoms with E-state index in [1.807, 2.05) is 24.3 Å². The number of amides is 2. The predicted octanol–water partition coefficient (Wildman–Crippen LogP) is 7.50. The molecule has 2 spiro atoms. The maximum absolute atomic E-state index is 14.3. The van der Waals surface area contributed by atoms with Crippen LogP contribution in [-0.4, -0.2) is 40.3 Å². The first kappa shape index (κ1) is 35.6. The SMILES string of the molecule is CC(=O)N1N=C(c2cc(F)ccc2F)S(=O)(=O)C12CCCc1ccccc12.CC(=O)N1N=C(c2cc(F)ccc2F)SC12CCCc1ccccc12. The third-order valence-electron chi connectivity index (χ3n) is 9.74. The van der Waals surface area contributed by atoms with Gasteiger partial charge in [0, 0.05) is 19.4 Å². The van der Waals surface area contributed by atoms with E-state index >= 15 is 0 Å². The molecule has 268 valence electrons. The van der Waals surface area contributed by atoms with Gasteiger partial charge in [-0.3, -0.25) is 9.59 Å². The first-order valence-corrected chi connectivity index (χ1v) is 18.9. The first-order chi connectivity index (χ1) is 24.8. The summed E-state index contributed by atoms with van der Waals surface area (Å²) < 4.78 is 83.1. The first-order valence-electron chi connectivity index (χ1n) is 16.6. The van der Waals surface area contributed by atoms with Crippen LogP contribution in [0.15, 0.2) is 95.1 Å². The van der Waals surface area contributed by atoms with E-state index in [2.05, 4.69) is 16.3 Å². The van der Waals surface area contributed by atoms with E-state index in [0.29, 0.717) is 23.4 Å². The van der Waals surface area contributed by atoms with E-state index in [4.69, 9.17) is 0 Å². The molecule has 2 aliphatic heterocycles. The molecule has 0 fully saturated rings. The molecule has 0 bridgehead atoms. The molecule has 8 rings (SSSR count). The van der Waals surface area contributed by atoms with Crippen molar-refractivity contribution in [1.82, 2.24) is 10.0 Å². The Bertz CT molecular complexity index is 2320. The number of thioether (sulfide) groups is 1. The molecule has 0 aromatic heterocycles. The second-order valence-electron chi connectivity index (χ2n) is 12.9. The molecule has 0 saturated heterocycles. The quantitative estimate of drug-likeness (QED) is 0.198. The van der Waals surface area contributed by atoms with Crippen molar-refractivity contribution in [2.75, 3.05) is 0 Å². The Morgan fingerprint density at radius 1 is 0.692 bits per heavy atom. The zero-order valence-corrected chi connectivity index (χ0v) is 29.7. The van der Waals surface area contributed by atoms with Crippen molar-refractivity contribution in [3.05, 3.63) is 142 Å². The van der Waals surface area contributed by atoms with Gasteiger partial charge in [-0.2, -0.15) is 10.2 Å². The Morgan fingerprint density at radius 2 is 1.23 bits per heavy atom. The van der Waals surface area contributed by atoms with Crippen molar-refractivity contribution < 1.29 is 35.6 Å². The van der Waals surface area contributed by atoms with Crippen molar-refractivity contribution in [2.24, 2.45) is 10.2 Å². The highest BCUT2D eigenvalue weighted by Crippen LogP contribution is 2.54. The largest absolute Gasteiger partial charge is 0.273 e. The van der Waals surface area contributed by atoms with E-state index in [1.54, 1.807) is 18.2 Å². The van der Waals surface area contributed by atoms with Gasteiger partial charge in [0.1, 0.15) is 33.2 Å². The van der Waals surface area contributed by atoms with Crippen LogP contribution < -0.4 is 0 Å². The summed E-state index contributed by atoms with van der Waals surface area (Å²) in [6.45, 7) is 2.66. The van der Waals surface area contributed by atoms with Crippen LogP contribution in [0.4, 0.5) is 17.6 Å². The standard InChI is InChI=1S/C19H16F2N2O3S.C19H16F2N2OS/c1-12(24)23-19(10-4-6-13-5-2-3-7-16(13)19)27(25,26)18(22-23)15-11-14(20)8-9-17(15)21;1-12(24)23-19(10-4-6-13-5-2-3-7-16(13)19)25-18(22-23)15-11-14(20)8-9-17(15)21/h2-3,5,7-9,11H,4,6,10H2,1H3;2-3,5,7-9,11H,4,6,10H2,1H3. The monoisotopic (exact) mass is 748 g/mol. The van der Waals surface area contributed by atoms with E-state index in [0.717, 1.165) is 71.8 Å². The summed E-state index contributed by atoms with van der Waals surface area (Å²) in [4.78, 5) is 22.2. The lowest BCUT2D eigenvalue weighted by Gasteiger charge is -2.39. The highest BCUT2D eigenvalue weighted by atomic mass is 32.2. The van der Waals surface area contributed by atoms with E-state index in [9.17, 15) is 35.6 Å². The number of benzene rings is 4. The zero-order chi connectivity index (χ0) is 37.0. The molecule has 4 aromatic carbocycles. The van der Waals surface area contributed by atoms with Gasteiger partial charge in [-0.15, -0.1) is 0 Å². The zero-order valence-electron chi connectivity index (χ0n) is 28.1. The fourth-order valence-electron chi connectivity index (χ4n) is 7.54. The molecule has 14 heteroatoms. The molecule has 2 atom stereocenters. The van der Waals surface area contributed by atoms with Gasteiger partial charge in [-0.05, 0) is 97.2 Å². The van der Waals surface area contributed by atoms with Crippen molar-refractivity contribution in [3.8, 4) is 0 Å². The number of sulfone groups is 1. The fourth-order valence-corrected chi connectivity index (χ4v) is 11.3. The van der Waals surface area contributed by atoms with E-state index in [1.165, 1.54) is 36.2 Å². The van der Waals surface area contributed by atoms with Crippen LogP contribution in [-0.2, 0) is 42.0 Å². The third-order valence-corrected chi connectivity index (χ3v) is 13.5. The molecule has 4 aliphatic rings. The number of hydrogen-bond acceptors (Lipinski definition) is 7. The summed E-state index contributed by atoms with van der Waals surface area (Å²) in [6.07, 6.45) is 3.89. The predicted molar refractivity (Wildman–Crippen MR) is 189 cm³/mol. The molecule has 0 saturated carbocycles. The molecule has 2 unspecified atom stereocenters. The van der Waals surface area contributed by atoms with Gasteiger partial charge in [-0.1, -0.05) is 60.3 Å². The minimum atomic E-state index is -4.30. The number of carbonyl (C=O) groups excluding carboxylic acids is 2. The summed E-state index contributed by atoms with van der Waals surface area (Å²) in [6, 6.07) is 20.8. The Hall–Kier alpha value is -4.82. The van der Waals surface area contributed by atoms with Gasteiger partial charge in [0.25, 0.3) is 0 Å². The molecule has 8 nitrogen and oxygen atoms in total. The lowest BCUT2D eigenvalue weighted by Crippen LogP contribution is -2.50. The average molecular weight is 749 g/mol. The number of carbonyl (C=O) groups is 2. The van der Waals surface area contributed by atoms with Gasteiger partial charge < -0.3 is 0 Å². The summed E-state index contributed by atoms with van der Waals surface area (Å²) in [5.74, 6) is -3.57.